The molecule has 0 heterocycles. The van der Waals surface area contributed by atoms with Crippen LogP contribution in [0.3, 0.4) is 0 Å². The molecule has 0 saturated carbocycles. The fraction of sp³-hybridized carbons (Fsp3) is 0.800. The molecule has 0 aliphatic heterocycles. The zero-order valence-electron chi connectivity index (χ0n) is 7.72. The minimum absolute atomic E-state index is 0.0538. The molecule has 0 unspecified atom stereocenters. The highest BCUT2D eigenvalue weighted by molar-refractivity contribution is 5.15. The van der Waals surface area contributed by atoms with Crippen LogP contribution in [0.5, 0.6) is 0 Å². The largest absolute Gasteiger partial charge is 0.395 e. The van der Waals surface area contributed by atoms with Gasteiger partial charge in [-0.15, -0.1) is 0 Å². The first-order chi connectivity index (χ1) is 5.11. The maximum atomic E-state index is 9.25. The van der Waals surface area contributed by atoms with Crippen LogP contribution in [0.25, 0.3) is 0 Å². The molecule has 0 fully saturated rings. The molecule has 64 valence electrons. The van der Waals surface area contributed by atoms with E-state index in [2.05, 4.69) is 26.8 Å². The summed E-state index contributed by atoms with van der Waals surface area (Å²) in [6, 6.07) is 0. The summed E-state index contributed by atoms with van der Waals surface area (Å²) in [6.45, 7) is 6.80. The number of allylic oxidation sites excluding steroid dienone is 1. The summed E-state index contributed by atoms with van der Waals surface area (Å²) in [4.78, 5) is 0. The van der Waals surface area contributed by atoms with Crippen molar-refractivity contribution in [3.8, 4) is 0 Å². The Bertz CT molecular complexity index is 172. The van der Waals surface area contributed by atoms with Gasteiger partial charge in [0.05, 0.1) is 6.61 Å². The molecule has 0 spiro atoms. The van der Waals surface area contributed by atoms with E-state index in [0.717, 1.165) is 0 Å². The molecule has 1 rings (SSSR count). The zero-order valence-corrected chi connectivity index (χ0v) is 7.72. The van der Waals surface area contributed by atoms with Crippen LogP contribution in [0.2, 0.25) is 0 Å². The van der Waals surface area contributed by atoms with E-state index >= 15 is 0 Å². The summed E-state index contributed by atoms with van der Waals surface area (Å²) >= 11 is 0. The number of aliphatic hydroxyl groups excluding tert-OH is 1. The van der Waals surface area contributed by atoms with Gasteiger partial charge in [-0.1, -0.05) is 25.5 Å². The first-order valence-corrected chi connectivity index (χ1v) is 4.39. The third-order valence-electron chi connectivity index (χ3n) is 3.37. The quantitative estimate of drug-likeness (QED) is 0.575. The molecule has 1 nitrogen and oxygen atoms in total. The van der Waals surface area contributed by atoms with Crippen LogP contribution in [0.1, 0.15) is 33.6 Å². The summed E-state index contributed by atoms with van der Waals surface area (Å²) < 4.78 is 0. The number of hydrogen-bond donors (Lipinski definition) is 1. The Morgan fingerprint density at radius 3 is 2.73 bits per heavy atom. The van der Waals surface area contributed by atoms with Crippen LogP contribution >= 0.6 is 0 Å². The molecule has 0 bridgehead atoms. The Morgan fingerprint density at radius 2 is 2.36 bits per heavy atom. The van der Waals surface area contributed by atoms with E-state index < -0.39 is 0 Å². The van der Waals surface area contributed by atoms with Crippen LogP contribution in [0.15, 0.2) is 11.6 Å². The van der Waals surface area contributed by atoms with Crippen LogP contribution in [-0.2, 0) is 0 Å². The van der Waals surface area contributed by atoms with E-state index in [-0.39, 0.29) is 12.0 Å². The number of hydrogen-bond acceptors (Lipinski definition) is 1. The Morgan fingerprint density at radius 1 is 1.73 bits per heavy atom. The Kier molecular flexibility index (Phi) is 2.38. The van der Waals surface area contributed by atoms with Crippen LogP contribution in [0, 0.1) is 11.3 Å². The maximum Gasteiger partial charge on any atom is 0.0524 e. The lowest BCUT2D eigenvalue weighted by molar-refractivity contribution is 0.110. The molecule has 2 atom stereocenters. The third kappa shape index (κ3) is 1.34. The van der Waals surface area contributed by atoms with E-state index in [1.165, 1.54) is 18.4 Å². The van der Waals surface area contributed by atoms with Crippen molar-refractivity contribution in [2.75, 3.05) is 6.61 Å². The molecular formula is C10H18O. The topological polar surface area (TPSA) is 20.2 Å². The second-order valence-corrected chi connectivity index (χ2v) is 3.94. The van der Waals surface area contributed by atoms with Crippen LogP contribution < -0.4 is 0 Å². The van der Waals surface area contributed by atoms with Gasteiger partial charge < -0.3 is 5.11 Å². The second kappa shape index (κ2) is 2.98. The van der Waals surface area contributed by atoms with E-state index in [1.807, 2.05) is 0 Å². The predicted molar refractivity (Wildman–Crippen MR) is 47.3 cm³/mol. The van der Waals surface area contributed by atoms with Gasteiger partial charge in [-0.05, 0) is 25.7 Å². The average molecular weight is 154 g/mol. The lowest BCUT2D eigenvalue weighted by Gasteiger charge is -2.38. The number of rotatable bonds is 1. The molecule has 0 saturated heterocycles. The average Bonchev–Trinajstić information content (AvgIpc) is 2.00. The Hall–Kier alpha value is -0.300. The molecule has 1 aliphatic carbocycles. The molecule has 0 aromatic rings. The molecule has 1 N–H and O–H groups in total. The summed E-state index contributed by atoms with van der Waals surface area (Å²) in [7, 11) is 0. The fourth-order valence-electron chi connectivity index (χ4n) is 1.77. The lowest BCUT2D eigenvalue weighted by atomic mass is 9.68. The fourth-order valence-corrected chi connectivity index (χ4v) is 1.77. The van der Waals surface area contributed by atoms with Gasteiger partial charge in [0.25, 0.3) is 0 Å². The van der Waals surface area contributed by atoms with Crippen molar-refractivity contribution in [3.05, 3.63) is 11.6 Å². The van der Waals surface area contributed by atoms with Crippen LogP contribution in [-0.4, -0.2) is 11.7 Å². The molecule has 0 aromatic heterocycles. The van der Waals surface area contributed by atoms with E-state index in [0.29, 0.717) is 5.92 Å². The van der Waals surface area contributed by atoms with E-state index in [9.17, 15) is 5.11 Å². The highest BCUT2D eigenvalue weighted by Gasteiger charge is 2.33. The third-order valence-corrected chi connectivity index (χ3v) is 3.37. The summed E-state index contributed by atoms with van der Waals surface area (Å²) in [5.41, 5.74) is 1.41. The highest BCUT2D eigenvalue weighted by Crippen LogP contribution is 2.40. The predicted octanol–water partition coefficient (Wildman–Crippen LogP) is 2.36. The molecule has 0 aromatic carbocycles. The van der Waals surface area contributed by atoms with Gasteiger partial charge in [0.2, 0.25) is 0 Å². The van der Waals surface area contributed by atoms with Gasteiger partial charge >= 0.3 is 0 Å². The lowest BCUT2D eigenvalue weighted by Crippen LogP contribution is -2.32. The SMILES string of the molecule is CC1=CCC[C@@H](C)[C@]1(C)CO. The molecule has 11 heavy (non-hydrogen) atoms. The van der Waals surface area contributed by atoms with Crippen molar-refractivity contribution in [1.29, 1.82) is 0 Å². The zero-order chi connectivity index (χ0) is 8.48. The van der Waals surface area contributed by atoms with E-state index in [1.54, 1.807) is 0 Å². The summed E-state index contributed by atoms with van der Waals surface area (Å²) in [5, 5.41) is 9.25. The maximum absolute atomic E-state index is 9.25. The minimum Gasteiger partial charge on any atom is -0.395 e. The molecule has 1 aliphatic rings. The van der Waals surface area contributed by atoms with Crippen molar-refractivity contribution in [2.45, 2.75) is 33.6 Å². The van der Waals surface area contributed by atoms with Crippen molar-refractivity contribution < 1.29 is 5.11 Å². The Labute approximate surface area is 69.1 Å². The monoisotopic (exact) mass is 154 g/mol. The van der Waals surface area contributed by atoms with Gasteiger partial charge in [-0.2, -0.15) is 0 Å². The second-order valence-electron chi connectivity index (χ2n) is 3.94. The minimum atomic E-state index is 0.0538. The first-order valence-electron chi connectivity index (χ1n) is 4.39. The van der Waals surface area contributed by atoms with E-state index in [4.69, 9.17) is 0 Å². The summed E-state index contributed by atoms with van der Waals surface area (Å²) in [6.07, 6.45) is 4.66. The molecule has 0 amide bonds. The van der Waals surface area contributed by atoms with Gasteiger partial charge in [0.15, 0.2) is 0 Å². The van der Waals surface area contributed by atoms with Gasteiger partial charge in [0.1, 0.15) is 0 Å². The number of aliphatic hydroxyl groups is 1. The normalized spacial score (nSPS) is 38.5. The van der Waals surface area contributed by atoms with Crippen molar-refractivity contribution in [1.82, 2.24) is 0 Å². The Balaban J connectivity index is 2.87. The van der Waals surface area contributed by atoms with Crippen molar-refractivity contribution in [3.63, 3.8) is 0 Å². The van der Waals surface area contributed by atoms with Crippen molar-refractivity contribution >= 4 is 0 Å². The smallest absolute Gasteiger partial charge is 0.0524 e. The highest BCUT2D eigenvalue weighted by atomic mass is 16.3. The van der Waals surface area contributed by atoms with Crippen LogP contribution in [0.4, 0.5) is 0 Å². The van der Waals surface area contributed by atoms with Gasteiger partial charge in [0, 0.05) is 5.41 Å². The van der Waals surface area contributed by atoms with Gasteiger partial charge in [-0.3, -0.25) is 0 Å². The van der Waals surface area contributed by atoms with Crippen molar-refractivity contribution in [2.24, 2.45) is 11.3 Å². The summed E-state index contributed by atoms with van der Waals surface area (Å²) in [5.74, 6) is 0.623. The molecule has 1 heteroatoms. The van der Waals surface area contributed by atoms with Gasteiger partial charge in [-0.25, -0.2) is 0 Å². The first kappa shape index (κ1) is 8.79. The molecule has 0 radical (unpaired) electrons. The standard InChI is InChI=1S/C10H18O/c1-8-5-4-6-9(2)10(8,3)7-11/h5,9,11H,4,6-7H2,1-3H3/t9-,10-/m1/s1. The molecular weight excluding hydrogens is 136 g/mol.